The Labute approximate surface area is 216 Å². The summed E-state index contributed by atoms with van der Waals surface area (Å²) in [5.41, 5.74) is 0.274. The molecule has 1 aliphatic heterocycles. The second kappa shape index (κ2) is 10.2. The first kappa shape index (κ1) is 28.4. The fraction of sp³-hybridized carbons (Fsp3) is 0.308. The van der Waals surface area contributed by atoms with Gasteiger partial charge in [-0.3, -0.25) is 0 Å². The molecule has 3 aromatic rings. The maximum Gasteiger partial charge on any atom is 0.573 e. The van der Waals surface area contributed by atoms with Gasteiger partial charge in [-0.15, -0.1) is 26.3 Å². The number of hydrogen-bond acceptors (Lipinski definition) is 4. The van der Waals surface area contributed by atoms with Gasteiger partial charge in [-0.05, 0) is 53.4 Å². The van der Waals surface area contributed by atoms with Crippen molar-refractivity contribution in [1.82, 2.24) is 0 Å². The lowest BCUT2D eigenvalue weighted by Gasteiger charge is -2.33. The molecule has 210 valence electrons. The number of alkyl halides is 9. The average Bonchev–Trinajstić information content (AvgIpc) is 3.11. The SMILES string of the molecule is O[C@H](CN1CC(Cc2cccc(OC(F)(F)F)c2)(c2ccc(OC(F)(F)F)cc2)c2ccccc21)C(F)(F)F. The summed E-state index contributed by atoms with van der Waals surface area (Å²) in [6, 6.07) is 16.1. The van der Waals surface area contributed by atoms with Crippen molar-refractivity contribution < 1.29 is 54.1 Å². The third-order valence-corrected chi connectivity index (χ3v) is 6.27. The van der Waals surface area contributed by atoms with Crippen LogP contribution in [0.25, 0.3) is 0 Å². The van der Waals surface area contributed by atoms with E-state index in [1.807, 2.05) is 0 Å². The Kier molecular flexibility index (Phi) is 7.41. The quantitative estimate of drug-likeness (QED) is 0.322. The maximum absolute atomic E-state index is 13.2. The number of anilines is 1. The molecule has 0 saturated carbocycles. The molecule has 4 rings (SSSR count). The highest BCUT2D eigenvalue weighted by Crippen LogP contribution is 2.48. The first-order valence-corrected chi connectivity index (χ1v) is 11.4. The van der Waals surface area contributed by atoms with Crippen molar-refractivity contribution in [2.24, 2.45) is 0 Å². The van der Waals surface area contributed by atoms with Crippen molar-refractivity contribution in [3.63, 3.8) is 0 Å². The zero-order valence-corrected chi connectivity index (χ0v) is 19.7. The van der Waals surface area contributed by atoms with Gasteiger partial charge >= 0.3 is 18.9 Å². The minimum absolute atomic E-state index is 0.0584. The van der Waals surface area contributed by atoms with Gasteiger partial charge < -0.3 is 19.5 Å². The van der Waals surface area contributed by atoms with Crippen LogP contribution in [0.1, 0.15) is 16.7 Å². The van der Waals surface area contributed by atoms with Crippen LogP contribution in [-0.4, -0.2) is 43.2 Å². The number of para-hydroxylation sites is 1. The number of aliphatic hydroxyl groups is 1. The van der Waals surface area contributed by atoms with Crippen LogP contribution in [0.4, 0.5) is 45.2 Å². The fourth-order valence-electron chi connectivity index (χ4n) is 4.80. The van der Waals surface area contributed by atoms with Crippen molar-refractivity contribution in [3.8, 4) is 11.5 Å². The Morgan fingerprint density at radius 1 is 0.769 bits per heavy atom. The molecule has 1 aliphatic rings. The first-order valence-electron chi connectivity index (χ1n) is 11.4. The second-order valence-electron chi connectivity index (χ2n) is 8.98. The highest BCUT2D eigenvalue weighted by molar-refractivity contribution is 5.67. The lowest BCUT2D eigenvalue weighted by molar-refractivity contribution is -0.275. The summed E-state index contributed by atoms with van der Waals surface area (Å²) in [7, 11) is 0. The van der Waals surface area contributed by atoms with E-state index >= 15 is 0 Å². The van der Waals surface area contributed by atoms with Gasteiger partial charge in [0.25, 0.3) is 0 Å². The van der Waals surface area contributed by atoms with Gasteiger partial charge in [0, 0.05) is 17.6 Å². The van der Waals surface area contributed by atoms with E-state index in [-0.39, 0.29) is 13.0 Å². The lowest BCUT2D eigenvalue weighted by atomic mass is 9.72. The lowest BCUT2D eigenvalue weighted by Crippen LogP contribution is -2.43. The normalized spacial score (nSPS) is 18.6. The van der Waals surface area contributed by atoms with E-state index in [9.17, 15) is 44.6 Å². The largest absolute Gasteiger partial charge is 0.573 e. The van der Waals surface area contributed by atoms with E-state index in [2.05, 4.69) is 9.47 Å². The van der Waals surface area contributed by atoms with Gasteiger partial charge in [-0.2, -0.15) is 13.2 Å². The molecule has 1 N–H and O–H groups in total. The van der Waals surface area contributed by atoms with Crippen LogP contribution in [0, 0.1) is 0 Å². The van der Waals surface area contributed by atoms with E-state index in [1.165, 1.54) is 35.2 Å². The number of ether oxygens (including phenoxy) is 2. The van der Waals surface area contributed by atoms with Crippen molar-refractivity contribution in [2.75, 3.05) is 18.0 Å². The Morgan fingerprint density at radius 3 is 2.00 bits per heavy atom. The van der Waals surface area contributed by atoms with E-state index in [4.69, 9.17) is 0 Å². The van der Waals surface area contributed by atoms with Crippen molar-refractivity contribution >= 4 is 5.69 Å². The molecule has 0 fully saturated rings. The van der Waals surface area contributed by atoms with E-state index in [0.717, 1.165) is 24.3 Å². The van der Waals surface area contributed by atoms with Crippen LogP contribution in [-0.2, 0) is 11.8 Å². The molecule has 3 aromatic carbocycles. The first-order chi connectivity index (χ1) is 18.1. The Hall–Kier alpha value is -3.61. The average molecular weight is 565 g/mol. The summed E-state index contributed by atoms with van der Waals surface area (Å²) in [6.07, 6.45) is -17.6. The number of aliphatic hydroxyl groups excluding tert-OH is 1. The Bertz CT molecular complexity index is 1290. The molecule has 0 spiro atoms. The molecule has 0 bridgehead atoms. The standard InChI is InChI=1S/C26H20F9NO3/c27-24(28,29)22(37)14-36-15-23(20-6-1-2-7-21(20)36,17-8-10-18(11-9-17)38-25(30,31)32)13-16-4-3-5-19(12-16)39-26(33,34)35/h1-12,22,37H,13-15H2/t22-,23?/m1/s1. The molecule has 0 radical (unpaired) electrons. The number of β-amino-alcohol motifs (C(OH)–C–C–N with tert-alkyl or cyclic N) is 1. The summed E-state index contributed by atoms with van der Waals surface area (Å²) in [5.74, 6) is -1.04. The molecule has 0 amide bonds. The van der Waals surface area contributed by atoms with Gasteiger partial charge in [-0.25, -0.2) is 0 Å². The van der Waals surface area contributed by atoms with Gasteiger partial charge in [-0.1, -0.05) is 42.5 Å². The van der Waals surface area contributed by atoms with E-state index < -0.39 is 48.5 Å². The fourth-order valence-corrected chi connectivity index (χ4v) is 4.80. The zero-order chi connectivity index (χ0) is 28.6. The number of rotatable bonds is 7. The maximum atomic E-state index is 13.2. The van der Waals surface area contributed by atoms with Gasteiger partial charge in [0.1, 0.15) is 11.5 Å². The molecule has 2 atom stereocenters. The number of halogens is 9. The molecular formula is C26H20F9NO3. The summed E-state index contributed by atoms with van der Waals surface area (Å²) >= 11 is 0. The monoisotopic (exact) mass is 565 g/mol. The van der Waals surface area contributed by atoms with Crippen molar-refractivity contribution in [2.45, 2.75) is 36.8 Å². The van der Waals surface area contributed by atoms with Gasteiger partial charge in [0.2, 0.25) is 0 Å². The molecule has 0 saturated heterocycles. The highest BCUT2D eigenvalue weighted by atomic mass is 19.4. The predicted octanol–water partition coefficient (Wildman–Crippen LogP) is 6.76. The predicted molar refractivity (Wildman–Crippen MR) is 121 cm³/mol. The molecule has 1 unspecified atom stereocenters. The molecule has 13 heteroatoms. The molecular weight excluding hydrogens is 545 g/mol. The van der Waals surface area contributed by atoms with Crippen molar-refractivity contribution in [1.29, 1.82) is 0 Å². The Balaban J connectivity index is 1.80. The highest BCUT2D eigenvalue weighted by Gasteiger charge is 2.47. The number of benzene rings is 3. The van der Waals surface area contributed by atoms with E-state index in [0.29, 0.717) is 22.4 Å². The molecule has 39 heavy (non-hydrogen) atoms. The van der Waals surface area contributed by atoms with Crippen LogP contribution in [0.2, 0.25) is 0 Å². The molecule has 0 aliphatic carbocycles. The summed E-state index contributed by atoms with van der Waals surface area (Å²) in [6.45, 7) is -1.00. The van der Waals surface area contributed by atoms with Crippen LogP contribution >= 0.6 is 0 Å². The van der Waals surface area contributed by atoms with Gasteiger partial charge in [0.05, 0.1) is 6.54 Å². The number of nitrogens with zero attached hydrogens (tertiary/aromatic N) is 1. The van der Waals surface area contributed by atoms with Crippen LogP contribution in [0.15, 0.2) is 72.8 Å². The molecule has 0 aromatic heterocycles. The zero-order valence-electron chi connectivity index (χ0n) is 19.7. The summed E-state index contributed by atoms with van der Waals surface area (Å²) in [5, 5.41) is 9.78. The minimum atomic E-state index is -4.96. The van der Waals surface area contributed by atoms with Crippen molar-refractivity contribution in [3.05, 3.63) is 89.5 Å². The smallest absolute Gasteiger partial charge is 0.406 e. The van der Waals surface area contributed by atoms with E-state index in [1.54, 1.807) is 18.2 Å². The van der Waals surface area contributed by atoms with Crippen LogP contribution < -0.4 is 14.4 Å². The Morgan fingerprint density at radius 2 is 1.38 bits per heavy atom. The second-order valence-corrected chi connectivity index (χ2v) is 8.98. The molecule has 1 heterocycles. The minimum Gasteiger partial charge on any atom is -0.406 e. The third kappa shape index (κ3) is 6.70. The number of fused-ring (bicyclic) bond motifs is 1. The van der Waals surface area contributed by atoms with Gasteiger partial charge in [0.15, 0.2) is 6.10 Å². The topological polar surface area (TPSA) is 41.9 Å². The summed E-state index contributed by atoms with van der Waals surface area (Å²) in [4.78, 5) is 1.30. The van der Waals surface area contributed by atoms with Crippen LogP contribution in [0.5, 0.6) is 11.5 Å². The van der Waals surface area contributed by atoms with Crippen LogP contribution in [0.3, 0.4) is 0 Å². The molecule has 4 nitrogen and oxygen atoms in total. The third-order valence-electron chi connectivity index (χ3n) is 6.27. The summed E-state index contributed by atoms with van der Waals surface area (Å²) < 4.78 is 124. The number of hydrogen-bond donors (Lipinski definition) is 1.